The Morgan fingerprint density at radius 2 is 2.38 bits per heavy atom. The second-order valence-corrected chi connectivity index (χ2v) is 4.11. The van der Waals surface area contributed by atoms with Gasteiger partial charge in [0.1, 0.15) is 0 Å². The summed E-state index contributed by atoms with van der Waals surface area (Å²) in [6.07, 6.45) is 6.36. The summed E-state index contributed by atoms with van der Waals surface area (Å²) >= 11 is 0. The van der Waals surface area contributed by atoms with Crippen LogP contribution < -0.4 is 10.6 Å². The number of hydrogen-bond donors (Lipinski definition) is 2. The van der Waals surface area contributed by atoms with Gasteiger partial charge in [0, 0.05) is 49.9 Å². The van der Waals surface area contributed by atoms with Crippen LogP contribution in [-0.4, -0.2) is 31.3 Å². The highest BCUT2D eigenvalue weighted by Crippen LogP contribution is 2.20. The number of methoxy groups -OCH3 is 1. The molecule has 1 saturated carbocycles. The van der Waals surface area contributed by atoms with Crippen LogP contribution in [0.2, 0.25) is 0 Å². The zero-order valence-corrected chi connectivity index (χ0v) is 9.70. The summed E-state index contributed by atoms with van der Waals surface area (Å²) in [7, 11) is 1.71. The summed E-state index contributed by atoms with van der Waals surface area (Å²) in [6, 6.07) is 2.74. The largest absolute Gasteiger partial charge is 0.383 e. The van der Waals surface area contributed by atoms with Crippen LogP contribution >= 0.6 is 0 Å². The van der Waals surface area contributed by atoms with Crippen molar-refractivity contribution in [2.24, 2.45) is 0 Å². The van der Waals surface area contributed by atoms with Crippen LogP contribution in [0.15, 0.2) is 18.5 Å². The van der Waals surface area contributed by atoms with E-state index in [1.807, 2.05) is 18.5 Å². The van der Waals surface area contributed by atoms with E-state index in [2.05, 4.69) is 15.6 Å². The predicted molar refractivity (Wildman–Crippen MR) is 64.5 cm³/mol. The van der Waals surface area contributed by atoms with Crippen LogP contribution in [0.1, 0.15) is 18.4 Å². The minimum absolute atomic E-state index is 0.720. The number of anilines is 1. The van der Waals surface area contributed by atoms with E-state index in [0.29, 0.717) is 0 Å². The maximum Gasteiger partial charge on any atom is 0.0635 e. The van der Waals surface area contributed by atoms with E-state index in [1.165, 1.54) is 18.4 Å². The molecule has 0 atom stereocenters. The minimum Gasteiger partial charge on any atom is -0.383 e. The highest BCUT2D eigenvalue weighted by Gasteiger charge is 2.20. The van der Waals surface area contributed by atoms with Gasteiger partial charge in [0.15, 0.2) is 0 Å². The molecule has 1 aliphatic rings. The lowest BCUT2D eigenvalue weighted by Crippen LogP contribution is -2.17. The molecule has 0 aliphatic heterocycles. The van der Waals surface area contributed by atoms with Crippen molar-refractivity contribution in [2.75, 3.05) is 25.6 Å². The molecule has 2 N–H and O–H groups in total. The number of pyridine rings is 1. The lowest BCUT2D eigenvalue weighted by molar-refractivity contribution is 0.211. The fourth-order valence-electron chi connectivity index (χ4n) is 1.57. The molecule has 0 amide bonds. The maximum atomic E-state index is 5.02. The summed E-state index contributed by atoms with van der Waals surface area (Å²) in [5.41, 5.74) is 2.38. The van der Waals surface area contributed by atoms with Crippen molar-refractivity contribution in [1.82, 2.24) is 10.3 Å². The van der Waals surface area contributed by atoms with Gasteiger partial charge in [0.25, 0.3) is 0 Å². The molecule has 4 heteroatoms. The van der Waals surface area contributed by atoms with Gasteiger partial charge in [0.05, 0.1) is 6.61 Å². The molecule has 0 aromatic carbocycles. The molecule has 4 nitrogen and oxygen atoms in total. The lowest BCUT2D eigenvalue weighted by Gasteiger charge is -2.11. The van der Waals surface area contributed by atoms with Crippen molar-refractivity contribution in [2.45, 2.75) is 25.4 Å². The van der Waals surface area contributed by atoms with Crippen LogP contribution in [0, 0.1) is 0 Å². The molecule has 1 heterocycles. The van der Waals surface area contributed by atoms with Crippen LogP contribution in [-0.2, 0) is 11.3 Å². The van der Waals surface area contributed by atoms with E-state index in [9.17, 15) is 0 Å². The summed E-state index contributed by atoms with van der Waals surface area (Å²) in [4.78, 5) is 4.16. The zero-order chi connectivity index (χ0) is 11.2. The minimum atomic E-state index is 0.720. The van der Waals surface area contributed by atoms with Gasteiger partial charge >= 0.3 is 0 Å². The van der Waals surface area contributed by atoms with Gasteiger partial charge in [-0.25, -0.2) is 0 Å². The number of ether oxygens (including phenoxy) is 1. The van der Waals surface area contributed by atoms with E-state index in [-0.39, 0.29) is 0 Å². The number of hydrogen-bond acceptors (Lipinski definition) is 4. The Balaban J connectivity index is 1.87. The molecule has 0 bridgehead atoms. The number of rotatable bonds is 7. The second-order valence-electron chi connectivity index (χ2n) is 4.11. The summed E-state index contributed by atoms with van der Waals surface area (Å²) < 4.78 is 5.02. The molecule has 88 valence electrons. The standard InChI is InChI=1S/C12H19N3O/c1-16-7-6-14-12-4-5-13-8-10(12)9-15-11-2-3-11/h4-5,8,11,15H,2-3,6-7,9H2,1H3,(H,13,14). The summed E-state index contributed by atoms with van der Waals surface area (Å²) in [5, 5.41) is 6.85. The zero-order valence-electron chi connectivity index (χ0n) is 9.70. The van der Waals surface area contributed by atoms with Crippen molar-refractivity contribution in [1.29, 1.82) is 0 Å². The Hall–Kier alpha value is -1.13. The fourth-order valence-corrected chi connectivity index (χ4v) is 1.57. The summed E-state index contributed by atoms with van der Waals surface area (Å²) in [5.74, 6) is 0. The van der Waals surface area contributed by atoms with E-state index in [0.717, 1.165) is 31.4 Å². The molecule has 0 spiro atoms. The highest BCUT2D eigenvalue weighted by molar-refractivity contribution is 5.49. The Labute approximate surface area is 96.4 Å². The van der Waals surface area contributed by atoms with Gasteiger partial charge in [-0.05, 0) is 18.9 Å². The second kappa shape index (κ2) is 5.82. The summed E-state index contributed by atoms with van der Waals surface area (Å²) in [6.45, 7) is 2.45. The third kappa shape index (κ3) is 3.47. The quantitative estimate of drug-likeness (QED) is 0.683. The van der Waals surface area contributed by atoms with E-state index < -0.39 is 0 Å². The Morgan fingerprint density at radius 3 is 3.12 bits per heavy atom. The topological polar surface area (TPSA) is 46.2 Å². The average Bonchev–Trinajstić information content (AvgIpc) is 3.12. The van der Waals surface area contributed by atoms with Crippen molar-refractivity contribution in [3.05, 3.63) is 24.0 Å². The lowest BCUT2D eigenvalue weighted by atomic mass is 10.2. The van der Waals surface area contributed by atoms with Crippen LogP contribution in [0.3, 0.4) is 0 Å². The molecule has 2 rings (SSSR count). The first-order chi connectivity index (χ1) is 7.90. The van der Waals surface area contributed by atoms with Gasteiger partial charge in [-0.3, -0.25) is 4.98 Å². The average molecular weight is 221 g/mol. The van der Waals surface area contributed by atoms with E-state index in [4.69, 9.17) is 4.74 Å². The third-order valence-electron chi connectivity index (χ3n) is 2.68. The number of aromatic nitrogens is 1. The van der Waals surface area contributed by atoms with Gasteiger partial charge in [-0.15, -0.1) is 0 Å². The Bertz CT molecular complexity index is 326. The first-order valence-electron chi connectivity index (χ1n) is 5.79. The third-order valence-corrected chi connectivity index (χ3v) is 2.68. The van der Waals surface area contributed by atoms with Crippen molar-refractivity contribution in [3.63, 3.8) is 0 Å². The fraction of sp³-hybridized carbons (Fsp3) is 0.583. The molecular formula is C12H19N3O. The van der Waals surface area contributed by atoms with Crippen molar-refractivity contribution in [3.8, 4) is 0 Å². The molecule has 1 aromatic heterocycles. The first kappa shape index (κ1) is 11.4. The molecular weight excluding hydrogens is 202 g/mol. The maximum absolute atomic E-state index is 5.02. The van der Waals surface area contributed by atoms with Gasteiger partial charge in [-0.2, -0.15) is 0 Å². The molecule has 1 aliphatic carbocycles. The predicted octanol–water partition coefficient (Wildman–Crippen LogP) is 1.39. The number of nitrogens with one attached hydrogen (secondary N) is 2. The van der Waals surface area contributed by atoms with Crippen LogP contribution in [0.5, 0.6) is 0 Å². The van der Waals surface area contributed by atoms with Crippen LogP contribution in [0.25, 0.3) is 0 Å². The molecule has 1 fully saturated rings. The highest BCUT2D eigenvalue weighted by atomic mass is 16.5. The van der Waals surface area contributed by atoms with Gasteiger partial charge < -0.3 is 15.4 Å². The van der Waals surface area contributed by atoms with E-state index in [1.54, 1.807) is 7.11 Å². The van der Waals surface area contributed by atoms with Crippen molar-refractivity contribution < 1.29 is 4.74 Å². The smallest absolute Gasteiger partial charge is 0.0635 e. The Kier molecular flexibility index (Phi) is 4.13. The monoisotopic (exact) mass is 221 g/mol. The van der Waals surface area contributed by atoms with Crippen LogP contribution in [0.4, 0.5) is 5.69 Å². The van der Waals surface area contributed by atoms with Gasteiger partial charge in [0.2, 0.25) is 0 Å². The first-order valence-corrected chi connectivity index (χ1v) is 5.79. The molecule has 0 radical (unpaired) electrons. The van der Waals surface area contributed by atoms with Gasteiger partial charge in [-0.1, -0.05) is 0 Å². The number of nitrogens with zero attached hydrogens (tertiary/aromatic N) is 1. The molecule has 0 saturated heterocycles. The SMILES string of the molecule is COCCNc1ccncc1CNC1CC1. The Morgan fingerprint density at radius 1 is 1.50 bits per heavy atom. The van der Waals surface area contributed by atoms with E-state index >= 15 is 0 Å². The molecule has 16 heavy (non-hydrogen) atoms. The van der Waals surface area contributed by atoms with Crippen molar-refractivity contribution >= 4 is 5.69 Å². The molecule has 1 aromatic rings. The molecule has 0 unspecified atom stereocenters. The normalized spacial score (nSPS) is 15.1.